The maximum absolute atomic E-state index is 5.30. The number of hydrogen-bond acceptors (Lipinski definition) is 2. The van der Waals surface area contributed by atoms with Crippen LogP contribution in [-0.2, 0) is 0 Å². The zero-order valence-electron chi connectivity index (χ0n) is 8.08. The Labute approximate surface area is 97.6 Å². The average molecular weight is 303 g/mol. The molecule has 3 heteroatoms. The minimum atomic E-state index is 0.703. The van der Waals surface area contributed by atoms with E-state index in [9.17, 15) is 0 Å². The largest absolute Gasteiger partial charge is 0.440 e. The first kappa shape index (κ1) is 9.19. The van der Waals surface area contributed by atoms with Gasteiger partial charge in [-0.15, -0.1) is 0 Å². The van der Waals surface area contributed by atoms with Gasteiger partial charge in [0.2, 0.25) is 0 Å². The van der Waals surface area contributed by atoms with Gasteiger partial charge in [-0.2, -0.15) is 0 Å². The van der Waals surface area contributed by atoms with Crippen molar-refractivity contribution in [1.82, 2.24) is 4.98 Å². The molecule has 0 spiro atoms. The van der Waals surface area contributed by atoms with Crippen molar-refractivity contribution < 1.29 is 4.42 Å². The molecule has 1 aromatic rings. The molecule has 3 aliphatic carbocycles. The topological polar surface area (TPSA) is 26.0 Å². The van der Waals surface area contributed by atoms with E-state index in [0.717, 1.165) is 15.7 Å². The highest BCUT2D eigenvalue weighted by molar-refractivity contribution is 14.1. The van der Waals surface area contributed by atoms with Gasteiger partial charge >= 0.3 is 0 Å². The number of hydrogen-bond donors (Lipinski definition) is 0. The van der Waals surface area contributed by atoms with Gasteiger partial charge in [-0.25, -0.2) is 4.98 Å². The van der Waals surface area contributed by atoms with Crippen molar-refractivity contribution in [2.75, 3.05) is 0 Å². The van der Waals surface area contributed by atoms with Gasteiger partial charge in [0.1, 0.15) is 6.26 Å². The molecule has 0 radical (unpaired) electrons. The Bertz CT molecular complexity index is 328. The summed E-state index contributed by atoms with van der Waals surface area (Å²) in [6.45, 7) is 0. The predicted molar refractivity (Wildman–Crippen MR) is 62.0 cm³/mol. The van der Waals surface area contributed by atoms with Gasteiger partial charge < -0.3 is 4.42 Å². The molecule has 2 nitrogen and oxygen atoms in total. The lowest BCUT2D eigenvalue weighted by molar-refractivity contribution is 0.142. The summed E-state index contributed by atoms with van der Waals surface area (Å²) < 4.78 is 6.09. The molecule has 0 N–H and O–H groups in total. The first-order chi connectivity index (χ1) is 6.83. The molecule has 0 saturated heterocycles. The monoisotopic (exact) mass is 303 g/mol. The summed E-state index contributed by atoms with van der Waals surface area (Å²) in [5, 5.41) is 0. The maximum Gasteiger partial charge on any atom is 0.257 e. The molecule has 0 aliphatic heterocycles. The molecular formula is C11H14INO. The second-order valence-corrected chi connectivity index (χ2v) is 5.57. The van der Waals surface area contributed by atoms with Crippen LogP contribution in [0.2, 0.25) is 0 Å². The fourth-order valence-electron chi connectivity index (χ4n) is 3.17. The first-order valence-electron chi connectivity index (χ1n) is 5.44. The van der Waals surface area contributed by atoms with Gasteiger partial charge in [-0.3, -0.25) is 0 Å². The molecule has 1 unspecified atom stereocenters. The summed E-state index contributed by atoms with van der Waals surface area (Å²) in [6, 6.07) is 0. The molecule has 4 rings (SSSR count). The summed E-state index contributed by atoms with van der Waals surface area (Å²) in [5.74, 6) is 2.56. The van der Waals surface area contributed by atoms with Crippen LogP contribution in [0.15, 0.2) is 10.7 Å². The fourth-order valence-corrected chi connectivity index (χ4v) is 3.58. The quantitative estimate of drug-likeness (QED) is 0.741. The van der Waals surface area contributed by atoms with Crippen LogP contribution in [0.1, 0.15) is 43.7 Å². The molecular weight excluding hydrogens is 289 g/mol. The summed E-state index contributed by atoms with van der Waals surface area (Å²) in [5.41, 5.74) is 1.21. The van der Waals surface area contributed by atoms with Gasteiger partial charge in [0.15, 0.2) is 0 Å². The number of fused-ring (bicyclic) bond motifs is 3. The lowest BCUT2D eigenvalue weighted by atomic mass is 9.64. The van der Waals surface area contributed by atoms with E-state index >= 15 is 0 Å². The van der Waals surface area contributed by atoms with Crippen LogP contribution in [0, 0.1) is 15.7 Å². The third-order valence-corrected chi connectivity index (χ3v) is 4.42. The van der Waals surface area contributed by atoms with E-state index in [-0.39, 0.29) is 0 Å². The van der Waals surface area contributed by atoms with E-state index in [1.807, 2.05) is 6.26 Å². The SMILES string of the molecule is Ic1nc(C2CC3CCC2CC3)co1. The van der Waals surface area contributed by atoms with Crippen molar-refractivity contribution >= 4 is 22.6 Å². The van der Waals surface area contributed by atoms with E-state index in [1.165, 1.54) is 37.8 Å². The van der Waals surface area contributed by atoms with Crippen molar-refractivity contribution in [2.24, 2.45) is 11.8 Å². The van der Waals surface area contributed by atoms with E-state index in [1.54, 1.807) is 0 Å². The highest BCUT2D eigenvalue weighted by atomic mass is 127. The molecule has 3 aliphatic rings. The van der Waals surface area contributed by atoms with Crippen LogP contribution < -0.4 is 0 Å². The first-order valence-corrected chi connectivity index (χ1v) is 6.51. The van der Waals surface area contributed by atoms with Gasteiger partial charge in [-0.1, -0.05) is 12.8 Å². The Balaban J connectivity index is 1.85. The number of oxazole rings is 1. The normalized spacial score (nSPS) is 36.2. The van der Waals surface area contributed by atoms with Crippen LogP contribution in [0.4, 0.5) is 0 Å². The lowest BCUT2D eigenvalue weighted by Crippen LogP contribution is -2.29. The fraction of sp³-hybridized carbons (Fsp3) is 0.727. The van der Waals surface area contributed by atoms with Gasteiger partial charge in [0.05, 0.1) is 5.69 Å². The Morgan fingerprint density at radius 2 is 2.07 bits per heavy atom. The third kappa shape index (κ3) is 1.49. The minimum absolute atomic E-state index is 0.703. The van der Waals surface area contributed by atoms with E-state index in [4.69, 9.17) is 4.42 Å². The van der Waals surface area contributed by atoms with Crippen LogP contribution in [0.3, 0.4) is 0 Å². The van der Waals surface area contributed by atoms with E-state index in [0.29, 0.717) is 5.92 Å². The number of aromatic nitrogens is 1. The maximum atomic E-state index is 5.30. The smallest absolute Gasteiger partial charge is 0.257 e. The Kier molecular flexibility index (Phi) is 2.30. The molecule has 0 aromatic carbocycles. The molecule has 3 fully saturated rings. The van der Waals surface area contributed by atoms with Crippen LogP contribution in [0.25, 0.3) is 0 Å². The third-order valence-electron chi connectivity index (χ3n) is 3.92. The lowest BCUT2D eigenvalue weighted by Gasteiger charge is -2.41. The molecule has 14 heavy (non-hydrogen) atoms. The number of rotatable bonds is 1. The Morgan fingerprint density at radius 3 is 2.57 bits per heavy atom. The average Bonchev–Trinajstić information content (AvgIpc) is 2.66. The van der Waals surface area contributed by atoms with Crippen molar-refractivity contribution in [3.05, 3.63) is 15.9 Å². The molecule has 1 heterocycles. The van der Waals surface area contributed by atoms with Crippen molar-refractivity contribution in [3.63, 3.8) is 0 Å². The molecule has 2 bridgehead atoms. The van der Waals surface area contributed by atoms with Gasteiger partial charge in [0, 0.05) is 28.5 Å². The summed E-state index contributed by atoms with van der Waals surface area (Å²) >= 11 is 2.15. The standard InChI is InChI=1S/C11H14INO/c12-11-13-10(6-14-11)9-5-7-1-3-8(9)4-2-7/h6-9H,1-5H2. The van der Waals surface area contributed by atoms with Crippen LogP contribution in [-0.4, -0.2) is 4.98 Å². The molecule has 0 amide bonds. The van der Waals surface area contributed by atoms with Gasteiger partial charge in [-0.05, 0) is 31.1 Å². The van der Waals surface area contributed by atoms with Crippen molar-refractivity contribution in [1.29, 1.82) is 0 Å². The number of halogens is 1. The highest BCUT2D eigenvalue weighted by Crippen LogP contribution is 2.49. The minimum Gasteiger partial charge on any atom is -0.440 e. The molecule has 3 saturated carbocycles. The molecule has 1 atom stereocenters. The van der Waals surface area contributed by atoms with Crippen molar-refractivity contribution in [2.45, 2.75) is 38.0 Å². The van der Waals surface area contributed by atoms with Crippen LogP contribution in [0.5, 0.6) is 0 Å². The van der Waals surface area contributed by atoms with Gasteiger partial charge in [0.25, 0.3) is 3.90 Å². The Hall–Kier alpha value is -0.0600. The number of nitrogens with zero attached hydrogens (tertiary/aromatic N) is 1. The molecule has 76 valence electrons. The zero-order chi connectivity index (χ0) is 9.54. The predicted octanol–water partition coefficient (Wildman–Crippen LogP) is 3.57. The summed E-state index contributed by atoms with van der Waals surface area (Å²) in [7, 11) is 0. The molecule has 1 aromatic heterocycles. The second-order valence-electron chi connectivity index (χ2n) is 4.65. The summed E-state index contributed by atoms with van der Waals surface area (Å²) in [6.07, 6.45) is 8.96. The van der Waals surface area contributed by atoms with Crippen LogP contribution >= 0.6 is 22.6 Å². The second kappa shape index (κ2) is 3.51. The van der Waals surface area contributed by atoms with Crippen molar-refractivity contribution in [3.8, 4) is 0 Å². The summed E-state index contributed by atoms with van der Waals surface area (Å²) in [4.78, 5) is 4.47. The van der Waals surface area contributed by atoms with E-state index < -0.39 is 0 Å². The highest BCUT2D eigenvalue weighted by Gasteiger charge is 2.37. The Morgan fingerprint density at radius 1 is 1.29 bits per heavy atom. The zero-order valence-corrected chi connectivity index (χ0v) is 10.2. The van der Waals surface area contributed by atoms with E-state index in [2.05, 4.69) is 27.6 Å².